The fraction of sp³-hybridized carbons (Fsp3) is 0.529. The summed E-state index contributed by atoms with van der Waals surface area (Å²) in [5.41, 5.74) is 5.14. The van der Waals surface area contributed by atoms with Gasteiger partial charge in [0.2, 0.25) is 0 Å². The van der Waals surface area contributed by atoms with Crippen molar-refractivity contribution in [1.29, 1.82) is 0 Å². The van der Waals surface area contributed by atoms with Crippen LogP contribution in [-0.4, -0.2) is 29.1 Å². The van der Waals surface area contributed by atoms with E-state index in [0.29, 0.717) is 6.04 Å². The highest BCUT2D eigenvalue weighted by Crippen LogP contribution is 2.36. The van der Waals surface area contributed by atoms with E-state index in [-0.39, 0.29) is 17.9 Å². The molecule has 4 nitrogen and oxygen atoms in total. The van der Waals surface area contributed by atoms with E-state index < -0.39 is 0 Å². The van der Waals surface area contributed by atoms with Gasteiger partial charge in [0.15, 0.2) is 0 Å². The van der Waals surface area contributed by atoms with Crippen molar-refractivity contribution in [1.82, 2.24) is 10.3 Å². The number of rotatable bonds is 2. The molecule has 2 fully saturated rings. The summed E-state index contributed by atoms with van der Waals surface area (Å²) in [5.74, 6) is 0.375. The normalized spacial score (nSPS) is 29.2. The number of likely N-dealkylation sites (tertiary alicyclic amines) is 1. The van der Waals surface area contributed by atoms with Gasteiger partial charge in [-0.1, -0.05) is 49.6 Å². The molecular formula is C17H21N3O. The summed E-state index contributed by atoms with van der Waals surface area (Å²) < 4.78 is 0. The van der Waals surface area contributed by atoms with E-state index in [9.17, 15) is 4.79 Å². The molecule has 3 aliphatic rings. The van der Waals surface area contributed by atoms with Crippen LogP contribution in [0.25, 0.3) is 0 Å². The zero-order valence-electron chi connectivity index (χ0n) is 12.2. The van der Waals surface area contributed by atoms with Crippen molar-refractivity contribution in [2.24, 2.45) is 11.0 Å². The Morgan fingerprint density at radius 1 is 1.10 bits per heavy atom. The van der Waals surface area contributed by atoms with Gasteiger partial charge in [-0.2, -0.15) is 5.10 Å². The molecule has 2 atom stereocenters. The average Bonchev–Trinajstić information content (AvgIpc) is 3.10. The van der Waals surface area contributed by atoms with E-state index in [2.05, 4.69) is 27.6 Å². The minimum atomic E-state index is 0.152. The number of carbonyl (C=O) groups excluding carboxylic acids is 1. The number of nitrogens with zero attached hydrogens (tertiary/aromatic N) is 2. The first-order valence-corrected chi connectivity index (χ1v) is 8.03. The molecule has 1 aromatic carbocycles. The second kappa shape index (κ2) is 5.17. The first-order chi connectivity index (χ1) is 10.3. The molecule has 4 rings (SSSR count). The zero-order chi connectivity index (χ0) is 14.2. The van der Waals surface area contributed by atoms with E-state index in [4.69, 9.17) is 0 Å². The van der Waals surface area contributed by atoms with Crippen molar-refractivity contribution in [3.8, 4) is 0 Å². The van der Waals surface area contributed by atoms with Crippen LogP contribution in [0.5, 0.6) is 0 Å². The Kier molecular flexibility index (Phi) is 3.17. The molecule has 0 radical (unpaired) electrons. The predicted molar refractivity (Wildman–Crippen MR) is 81.8 cm³/mol. The summed E-state index contributed by atoms with van der Waals surface area (Å²) in [5, 5.41) is 4.36. The Labute approximate surface area is 125 Å². The second-order valence-electron chi connectivity index (χ2n) is 6.37. The topological polar surface area (TPSA) is 44.7 Å². The van der Waals surface area contributed by atoms with Crippen molar-refractivity contribution in [2.45, 2.75) is 44.2 Å². The number of hydrogen-bond donors (Lipinski definition) is 1. The van der Waals surface area contributed by atoms with Crippen LogP contribution in [0.15, 0.2) is 35.4 Å². The highest BCUT2D eigenvalue weighted by atomic mass is 16.2. The summed E-state index contributed by atoms with van der Waals surface area (Å²) in [7, 11) is 0. The van der Waals surface area contributed by atoms with Crippen LogP contribution >= 0.6 is 0 Å². The van der Waals surface area contributed by atoms with Crippen LogP contribution in [0.1, 0.15) is 43.7 Å². The van der Waals surface area contributed by atoms with Gasteiger partial charge in [0.25, 0.3) is 5.91 Å². The molecule has 1 aromatic rings. The van der Waals surface area contributed by atoms with Crippen LogP contribution in [0.2, 0.25) is 0 Å². The second-order valence-corrected chi connectivity index (χ2v) is 6.37. The lowest BCUT2D eigenvalue weighted by Gasteiger charge is -2.31. The molecule has 2 unspecified atom stereocenters. The number of fused-ring (bicyclic) bond motifs is 1. The van der Waals surface area contributed by atoms with Gasteiger partial charge in [0.05, 0.1) is 12.0 Å². The fourth-order valence-electron chi connectivity index (χ4n) is 3.98. The lowest BCUT2D eigenvalue weighted by atomic mass is 9.92. The molecule has 1 N–H and O–H groups in total. The number of hydrazone groups is 1. The zero-order valence-corrected chi connectivity index (χ0v) is 12.2. The van der Waals surface area contributed by atoms with Crippen molar-refractivity contribution in [3.63, 3.8) is 0 Å². The number of carbonyl (C=O) groups is 1. The van der Waals surface area contributed by atoms with Crippen molar-refractivity contribution in [3.05, 3.63) is 35.9 Å². The van der Waals surface area contributed by atoms with Gasteiger partial charge in [-0.15, -0.1) is 0 Å². The summed E-state index contributed by atoms with van der Waals surface area (Å²) in [6.07, 6.45) is 6.15. The molecule has 21 heavy (non-hydrogen) atoms. The monoisotopic (exact) mass is 283 g/mol. The molecule has 0 spiro atoms. The predicted octanol–water partition coefficient (Wildman–Crippen LogP) is 2.48. The highest BCUT2D eigenvalue weighted by molar-refractivity contribution is 6.42. The smallest absolute Gasteiger partial charge is 0.270 e. The SMILES string of the molecule is O=C1C2=NNC(c3ccccc3)C2CN1C1CCCCC1. The van der Waals surface area contributed by atoms with Crippen LogP contribution < -0.4 is 5.43 Å². The summed E-state index contributed by atoms with van der Waals surface area (Å²) in [6, 6.07) is 10.9. The minimum Gasteiger partial charge on any atom is -0.334 e. The maximum absolute atomic E-state index is 12.6. The molecule has 1 amide bonds. The molecule has 4 heteroatoms. The Hall–Kier alpha value is -1.84. The van der Waals surface area contributed by atoms with Gasteiger partial charge in [-0.3, -0.25) is 4.79 Å². The molecule has 0 bridgehead atoms. The van der Waals surface area contributed by atoms with Crippen LogP contribution in [0.3, 0.4) is 0 Å². The minimum absolute atomic E-state index is 0.152. The number of nitrogens with one attached hydrogen (secondary N) is 1. The molecule has 110 valence electrons. The molecule has 2 aliphatic heterocycles. The number of hydrogen-bond acceptors (Lipinski definition) is 3. The first kappa shape index (κ1) is 12.9. The number of benzene rings is 1. The molecule has 1 aliphatic carbocycles. The van der Waals surface area contributed by atoms with Gasteiger partial charge in [-0.25, -0.2) is 0 Å². The maximum atomic E-state index is 12.6. The van der Waals surface area contributed by atoms with Crippen molar-refractivity contribution >= 4 is 11.6 Å². The average molecular weight is 283 g/mol. The quantitative estimate of drug-likeness (QED) is 0.906. The Balaban J connectivity index is 1.55. The third-order valence-electron chi connectivity index (χ3n) is 5.13. The Bertz CT molecular complexity index is 563. The summed E-state index contributed by atoms with van der Waals surface area (Å²) in [4.78, 5) is 14.7. The van der Waals surface area contributed by atoms with Crippen LogP contribution in [0, 0.1) is 5.92 Å². The van der Waals surface area contributed by atoms with E-state index in [0.717, 1.165) is 25.1 Å². The Morgan fingerprint density at radius 2 is 1.86 bits per heavy atom. The Morgan fingerprint density at radius 3 is 2.62 bits per heavy atom. The van der Waals surface area contributed by atoms with Crippen molar-refractivity contribution < 1.29 is 4.79 Å². The van der Waals surface area contributed by atoms with Gasteiger partial charge >= 0.3 is 0 Å². The largest absolute Gasteiger partial charge is 0.334 e. The summed E-state index contributed by atoms with van der Waals surface area (Å²) in [6.45, 7) is 0.828. The van der Waals surface area contributed by atoms with Gasteiger partial charge in [-0.05, 0) is 18.4 Å². The standard InChI is InChI=1S/C17H21N3O/c21-17-16-14(11-20(17)13-9-5-2-6-10-13)15(18-19-16)12-7-3-1-4-8-12/h1,3-4,7-8,13-15,18H,2,5-6,9-11H2. The van der Waals surface area contributed by atoms with E-state index in [1.807, 2.05) is 18.2 Å². The van der Waals surface area contributed by atoms with Crippen molar-refractivity contribution in [2.75, 3.05) is 6.54 Å². The third kappa shape index (κ3) is 2.13. The number of amides is 1. The molecule has 2 heterocycles. The first-order valence-electron chi connectivity index (χ1n) is 8.03. The lowest BCUT2D eigenvalue weighted by molar-refractivity contribution is -0.125. The van der Waals surface area contributed by atoms with E-state index in [1.54, 1.807) is 0 Å². The maximum Gasteiger partial charge on any atom is 0.270 e. The third-order valence-corrected chi connectivity index (χ3v) is 5.13. The summed E-state index contributed by atoms with van der Waals surface area (Å²) >= 11 is 0. The molecule has 1 saturated carbocycles. The van der Waals surface area contributed by atoms with E-state index in [1.165, 1.54) is 24.8 Å². The molecule has 0 aromatic heterocycles. The molecular weight excluding hydrogens is 262 g/mol. The molecule has 1 saturated heterocycles. The lowest BCUT2D eigenvalue weighted by Crippen LogP contribution is -2.39. The van der Waals surface area contributed by atoms with Gasteiger partial charge in [0.1, 0.15) is 5.71 Å². The highest BCUT2D eigenvalue weighted by Gasteiger charge is 2.47. The van der Waals surface area contributed by atoms with Crippen LogP contribution in [-0.2, 0) is 4.79 Å². The fourth-order valence-corrected chi connectivity index (χ4v) is 3.98. The van der Waals surface area contributed by atoms with E-state index >= 15 is 0 Å². The van der Waals surface area contributed by atoms with Gasteiger partial charge < -0.3 is 10.3 Å². The van der Waals surface area contributed by atoms with Gasteiger partial charge in [0, 0.05) is 12.6 Å². The van der Waals surface area contributed by atoms with Crippen LogP contribution in [0.4, 0.5) is 0 Å².